The number of ketones is 1. The summed E-state index contributed by atoms with van der Waals surface area (Å²) >= 11 is 1.50. The van der Waals surface area contributed by atoms with E-state index in [9.17, 15) is 18.0 Å². The van der Waals surface area contributed by atoms with Crippen LogP contribution in [0.25, 0.3) is 5.13 Å². The molecule has 0 saturated carbocycles. The van der Waals surface area contributed by atoms with E-state index >= 15 is 0 Å². The lowest BCUT2D eigenvalue weighted by Crippen LogP contribution is -2.24. The van der Waals surface area contributed by atoms with Crippen LogP contribution in [0, 0.1) is 20.8 Å². The van der Waals surface area contributed by atoms with Gasteiger partial charge < -0.3 is 4.74 Å². The van der Waals surface area contributed by atoms with Crippen LogP contribution >= 0.6 is 11.3 Å². The van der Waals surface area contributed by atoms with Crippen LogP contribution in [0.4, 0.5) is 0 Å². The number of carbonyl (C=O) groups excluding carboxylic acids is 2. The number of aromatic nitrogens is 2. The Morgan fingerprint density at radius 2 is 1.84 bits per heavy atom. The number of esters is 1. The van der Waals surface area contributed by atoms with E-state index in [0.717, 1.165) is 34.0 Å². The maximum Gasteiger partial charge on any atom is 0.338 e. The van der Waals surface area contributed by atoms with Gasteiger partial charge in [0, 0.05) is 28.9 Å². The summed E-state index contributed by atoms with van der Waals surface area (Å²) in [4.78, 5) is 29.5. The van der Waals surface area contributed by atoms with Crippen molar-refractivity contribution in [3.05, 3.63) is 69.5 Å². The van der Waals surface area contributed by atoms with Crippen molar-refractivity contribution >= 4 is 33.1 Å². The lowest BCUT2D eigenvalue weighted by molar-refractivity contribution is 0.0474. The molecule has 0 spiro atoms. The van der Waals surface area contributed by atoms with Gasteiger partial charge in [0.05, 0.1) is 17.5 Å². The highest BCUT2D eigenvalue weighted by Gasteiger charge is 2.19. The van der Waals surface area contributed by atoms with Crippen LogP contribution in [0.2, 0.25) is 0 Å². The number of sulfonamides is 1. The summed E-state index contributed by atoms with van der Waals surface area (Å²) in [6.45, 7) is 5.57. The molecule has 0 amide bonds. The van der Waals surface area contributed by atoms with Crippen LogP contribution in [0.3, 0.4) is 0 Å². The molecule has 1 N–H and O–H groups in total. The van der Waals surface area contributed by atoms with E-state index in [1.807, 2.05) is 30.7 Å². The Kier molecular flexibility index (Phi) is 7.27. The van der Waals surface area contributed by atoms with Gasteiger partial charge in [0.25, 0.3) is 0 Å². The summed E-state index contributed by atoms with van der Waals surface area (Å²) in [7, 11) is -3.23. The van der Waals surface area contributed by atoms with Gasteiger partial charge in [-0.1, -0.05) is 12.1 Å². The second-order valence-electron chi connectivity index (χ2n) is 7.50. The predicted octanol–water partition coefficient (Wildman–Crippen LogP) is 2.99. The minimum Gasteiger partial charge on any atom is -0.454 e. The second-order valence-corrected chi connectivity index (χ2v) is 10.2. The molecule has 0 saturated heterocycles. The molecule has 0 aliphatic carbocycles. The van der Waals surface area contributed by atoms with Gasteiger partial charge in [0.1, 0.15) is 0 Å². The average molecular weight is 476 g/mol. The zero-order valence-corrected chi connectivity index (χ0v) is 20.0. The predicted molar refractivity (Wildman–Crippen MR) is 123 cm³/mol. The van der Waals surface area contributed by atoms with Crippen molar-refractivity contribution in [2.75, 3.05) is 19.4 Å². The number of nitrogens with one attached hydrogen (secondary N) is 1. The molecule has 2 heterocycles. The normalized spacial score (nSPS) is 11.5. The third-order valence-electron chi connectivity index (χ3n) is 4.83. The van der Waals surface area contributed by atoms with Crippen LogP contribution < -0.4 is 4.72 Å². The van der Waals surface area contributed by atoms with E-state index in [0.29, 0.717) is 17.5 Å². The Morgan fingerprint density at radius 3 is 2.44 bits per heavy atom. The smallest absolute Gasteiger partial charge is 0.338 e. The van der Waals surface area contributed by atoms with Gasteiger partial charge in [-0.25, -0.2) is 22.9 Å². The number of carbonyl (C=O) groups is 2. The van der Waals surface area contributed by atoms with Crippen molar-refractivity contribution in [3.8, 4) is 5.13 Å². The molecule has 10 heteroatoms. The first kappa shape index (κ1) is 23.8. The first-order valence-electron chi connectivity index (χ1n) is 9.90. The number of aryl methyl sites for hydroxylation is 2. The van der Waals surface area contributed by atoms with Crippen LogP contribution in [-0.2, 0) is 21.2 Å². The fourth-order valence-corrected chi connectivity index (χ4v) is 4.65. The van der Waals surface area contributed by atoms with Gasteiger partial charge in [0.15, 0.2) is 11.7 Å². The van der Waals surface area contributed by atoms with Crippen molar-refractivity contribution in [1.82, 2.24) is 14.3 Å². The first-order chi connectivity index (χ1) is 15.0. The monoisotopic (exact) mass is 475 g/mol. The van der Waals surface area contributed by atoms with Gasteiger partial charge >= 0.3 is 5.97 Å². The molecule has 3 rings (SSSR count). The van der Waals surface area contributed by atoms with Crippen molar-refractivity contribution in [2.45, 2.75) is 27.2 Å². The number of thiazole rings is 1. The molecule has 3 aromatic rings. The van der Waals surface area contributed by atoms with E-state index in [1.165, 1.54) is 11.3 Å². The quantitative estimate of drug-likeness (QED) is 0.377. The molecule has 0 radical (unpaired) electrons. The molecular formula is C22H25N3O5S2. The van der Waals surface area contributed by atoms with Crippen molar-refractivity contribution in [1.29, 1.82) is 0 Å². The van der Waals surface area contributed by atoms with Crippen LogP contribution in [0.15, 0.2) is 35.7 Å². The molecule has 0 atom stereocenters. The van der Waals surface area contributed by atoms with Gasteiger partial charge in [-0.05, 0) is 51.0 Å². The maximum absolute atomic E-state index is 12.7. The van der Waals surface area contributed by atoms with E-state index in [-0.39, 0.29) is 18.9 Å². The molecule has 0 aliphatic rings. The topological polar surface area (TPSA) is 107 Å². The Morgan fingerprint density at radius 1 is 1.16 bits per heavy atom. The third-order valence-corrected chi connectivity index (χ3v) is 6.50. The van der Waals surface area contributed by atoms with Crippen LogP contribution in [0.1, 0.15) is 43.4 Å². The minimum atomic E-state index is -3.23. The van der Waals surface area contributed by atoms with Crippen LogP contribution in [0.5, 0.6) is 0 Å². The van der Waals surface area contributed by atoms with Gasteiger partial charge in [0.2, 0.25) is 15.8 Å². The largest absolute Gasteiger partial charge is 0.454 e. The summed E-state index contributed by atoms with van der Waals surface area (Å²) in [5, 5.41) is 2.74. The number of ether oxygens (including phenoxy) is 1. The van der Waals surface area contributed by atoms with Crippen molar-refractivity contribution in [3.63, 3.8) is 0 Å². The highest BCUT2D eigenvalue weighted by atomic mass is 32.2. The molecule has 8 nitrogen and oxygen atoms in total. The summed E-state index contributed by atoms with van der Waals surface area (Å²) in [6, 6.07) is 8.43. The first-order valence-corrected chi connectivity index (χ1v) is 12.7. The minimum absolute atomic E-state index is 0.274. The number of benzene rings is 1. The molecular weight excluding hydrogens is 450 g/mol. The van der Waals surface area contributed by atoms with E-state index in [4.69, 9.17) is 4.74 Å². The zero-order valence-electron chi connectivity index (χ0n) is 18.3. The summed E-state index contributed by atoms with van der Waals surface area (Å²) < 4.78 is 31.8. The molecule has 0 unspecified atom stereocenters. The lowest BCUT2D eigenvalue weighted by Gasteiger charge is -2.07. The standard InChI is InChI=1S/C22H25N3O5S2/c1-14-13-31-22(24-14)25-15(2)11-19(16(25)3)20(26)12-30-21(27)18-7-5-17(6-8-18)9-10-23-32(4,28)29/h5-8,11,13,23H,9-10,12H2,1-4H3. The number of nitrogens with zero attached hydrogens (tertiary/aromatic N) is 2. The molecule has 2 aromatic heterocycles. The van der Waals surface area contributed by atoms with Crippen molar-refractivity contribution < 1.29 is 22.7 Å². The Hall–Kier alpha value is -2.82. The SMILES string of the molecule is Cc1csc(-n2c(C)cc(C(=O)COC(=O)c3ccc(CCNS(C)(=O)=O)cc3)c2C)n1. The molecule has 32 heavy (non-hydrogen) atoms. The molecule has 0 bridgehead atoms. The second kappa shape index (κ2) is 9.76. The maximum atomic E-state index is 12.7. The molecule has 0 fully saturated rings. The average Bonchev–Trinajstić information content (AvgIpc) is 3.27. The zero-order chi connectivity index (χ0) is 23.5. The summed E-state index contributed by atoms with van der Waals surface area (Å²) in [6.07, 6.45) is 1.60. The molecule has 170 valence electrons. The third kappa shape index (κ3) is 5.90. The van der Waals surface area contributed by atoms with E-state index in [1.54, 1.807) is 30.3 Å². The van der Waals surface area contributed by atoms with Gasteiger partial charge in [-0.3, -0.25) is 9.36 Å². The Balaban J connectivity index is 1.60. The highest BCUT2D eigenvalue weighted by molar-refractivity contribution is 7.88. The fraction of sp³-hybridized carbons (Fsp3) is 0.318. The number of hydrogen-bond donors (Lipinski definition) is 1. The van der Waals surface area contributed by atoms with E-state index in [2.05, 4.69) is 9.71 Å². The number of Topliss-reactive ketones (excluding diaryl/α,β-unsaturated/α-hetero) is 1. The number of hydrogen-bond acceptors (Lipinski definition) is 7. The summed E-state index contributed by atoms with van der Waals surface area (Å²) in [5.74, 6) is -0.877. The van der Waals surface area contributed by atoms with Crippen molar-refractivity contribution in [2.24, 2.45) is 0 Å². The Bertz CT molecular complexity index is 1240. The highest BCUT2D eigenvalue weighted by Crippen LogP contribution is 2.24. The molecule has 0 aliphatic heterocycles. The number of rotatable bonds is 9. The lowest BCUT2D eigenvalue weighted by atomic mass is 10.1. The fourth-order valence-electron chi connectivity index (χ4n) is 3.26. The Labute approximate surface area is 191 Å². The summed E-state index contributed by atoms with van der Waals surface area (Å²) in [5.41, 5.74) is 4.24. The van der Waals surface area contributed by atoms with E-state index < -0.39 is 16.0 Å². The molecule has 1 aromatic carbocycles. The van der Waals surface area contributed by atoms with Crippen LogP contribution in [-0.4, -0.2) is 49.1 Å². The van der Waals surface area contributed by atoms with Gasteiger partial charge in [-0.2, -0.15) is 0 Å². The van der Waals surface area contributed by atoms with Gasteiger partial charge in [-0.15, -0.1) is 11.3 Å².